The first kappa shape index (κ1) is 12.1. The standard InChI is InChI=1S/C13H18N2O2/c1-4-13(3)14(16)10(2)12(15(13)17)11-8-6-5-7-9-11/h5-10,16H,4H2,1-3H3/t10-,13+/m1/s1. The minimum Gasteiger partial charge on any atom is -0.622 e. The molecule has 17 heavy (non-hydrogen) atoms. The lowest BCUT2D eigenvalue weighted by Crippen LogP contribution is -2.47. The summed E-state index contributed by atoms with van der Waals surface area (Å²) >= 11 is 0. The van der Waals surface area contributed by atoms with Crippen molar-refractivity contribution in [1.29, 1.82) is 0 Å². The van der Waals surface area contributed by atoms with Crippen LogP contribution in [0.5, 0.6) is 0 Å². The molecule has 0 saturated heterocycles. The van der Waals surface area contributed by atoms with E-state index in [2.05, 4.69) is 0 Å². The minimum absolute atomic E-state index is 0.292. The highest BCUT2D eigenvalue weighted by Crippen LogP contribution is 2.29. The van der Waals surface area contributed by atoms with Gasteiger partial charge in [-0.1, -0.05) is 25.1 Å². The van der Waals surface area contributed by atoms with Gasteiger partial charge in [0.15, 0.2) is 0 Å². The molecule has 0 aromatic heterocycles. The van der Waals surface area contributed by atoms with Crippen LogP contribution in [0.3, 0.4) is 0 Å². The highest BCUT2D eigenvalue weighted by atomic mass is 16.6. The maximum absolute atomic E-state index is 12.4. The summed E-state index contributed by atoms with van der Waals surface area (Å²) in [5, 5.41) is 23.6. The zero-order valence-electron chi connectivity index (χ0n) is 10.4. The maximum atomic E-state index is 12.4. The van der Waals surface area contributed by atoms with E-state index in [0.29, 0.717) is 12.1 Å². The van der Waals surface area contributed by atoms with E-state index in [1.807, 2.05) is 44.2 Å². The number of nitrogens with zero attached hydrogens (tertiary/aromatic N) is 2. The molecule has 1 aromatic rings. The van der Waals surface area contributed by atoms with Gasteiger partial charge in [0.05, 0.1) is 0 Å². The zero-order valence-corrected chi connectivity index (χ0v) is 10.4. The second kappa shape index (κ2) is 4.13. The summed E-state index contributed by atoms with van der Waals surface area (Å²) in [6.07, 6.45) is 0.563. The Bertz CT molecular complexity index is 444. The average Bonchev–Trinajstić information content (AvgIpc) is 2.53. The van der Waals surface area contributed by atoms with E-state index in [1.54, 1.807) is 6.92 Å². The van der Waals surface area contributed by atoms with Gasteiger partial charge in [-0.3, -0.25) is 0 Å². The zero-order chi connectivity index (χ0) is 12.6. The lowest BCUT2D eigenvalue weighted by Gasteiger charge is -2.27. The fourth-order valence-electron chi connectivity index (χ4n) is 2.33. The van der Waals surface area contributed by atoms with Gasteiger partial charge in [-0.25, -0.2) is 0 Å². The van der Waals surface area contributed by atoms with Gasteiger partial charge >= 0.3 is 0 Å². The van der Waals surface area contributed by atoms with Crippen LogP contribution in [0.25, 0.3) is 0 Å². The van der Waals surface area contributed by atoms with Crippen LogP contribution in [0.2, 0.25) is 0 Å². The predicted octanol–water partition coefficient (Wildman–Crippen LogP) is 2.21. The molecule has 1 heterocycles. The predicted molar refractivity (Wildman–Crippen MR) is 66.0 cm³/mol. The number of hydroxylamine groups is 3. The van der Waals surface area contributed by atoms with Crippen LogP contribution < -0.4 is 0 Å². The first-order valence-corrected chi connectivity index (χ1v) is 5.90. The van der Waals surface area contributed by atoms with Gasteiger partial charge in [0.2, 0.25) is 11.4 Å². The Morgan fingerprint density at radius 2 is 2.00 bits per heavy atom. The van der Waals surface area contributed by atoms with Gasteiger partial charge in [-0.2, -0.15) is 4.74 Å². The Labute approximate surface area is 101 Å². The first-order chi connectivity index (χ1) is 8.02. The summed E-state index contributed by atoms with van der Waals surface area (Å²) in [6.45, 7) is 5.50. The third-order valence-electron chi connectivity index (χ3n) is 3.65. The van der Waals surface area contributed by atoms with Crippen molar-refractivity contribution in [3.8, 4) is 0 Å². The molecule has 0 fully saturated rings. The Morgan fingerprint density at radius 3 is 2.47 bits per heavy atom. The molecule has 0 saturated carbocycles. The molecule has 2 atom stereocenters. The fraction of sp³-hybridized carbons (Fsp3) is 0.462. The molecule has 4 nitrogen and oxygen atoms in total. The van der Waals surface area contributed by atoms with Crippen LogP contribution in [0.1, 0.15) is 32.8 Å². The molecule has 4 heteroatoms. The SMILES string of the molecule is CC[C@@]1(C)N(O)[C@H](C)C(c2ccccc2)=[N+]1[O-]. The van der Waals surface area contributed by atoms with Crippen molar-refractivity contribution in [3.63, 3.8) is 0 Å². The van der Waals surface area contributed by atoms with E-state index in [9.17, 15) is 10.4 Å². The van der Waals surface area contributed by atoms with Crippen molar-refractivity contribution in [3.05, 3.63) is 41.1 Å². The summed E-state index contributed by atoms with van der Waals surface area (Å²) in [7, 11) is 0. The molecule has 92 valence electrons. The van der Waals surface area contributed by atoms with E-state index in [0.717, 1.165) is 15.4 Å². The summed E-state index contributed by atoms with van der Waals surface area (Å²) in [5.74, 6) is 0. The highest BCUT2D eigenvalue weighted by Gasteiger charge is 2.51. The molecule has 0 unspecified atom stereocenters. The van der Waals surface area contributed by atoms with Crippen molar-refractivity contribution in [1.82, 2.24) is 5.06 Å². The summed E-state index contributed by atoms with van der Waals surface area (Å²) in [4.78, 5) is 0. The normalized spacial score (nSPS) is 30.0. The topological polar surface area (TPSA) is 49.5 Å². The Balaban J connectivity index is 2.53. The van der Waals surface area contributed by atoms with Gasteiger partial charge in [-0.05, 0) is 19.1 Å². The largest absolute Gasteiger partial charge is 0.622 e. The Morgan fingerprint density at radius 1 is 1.41 bits per heavy atom. The summed E-state index contributed by atoms with van der Waals surface area (Å²) in [5.41, 5.74) is 0.619. The van der Waals surface area contributed by atoms with Crippen molar-refractivity contribution < 1.29 is 9.95 Å². The third kappa shape index (κ3) is 1.64. The van der Waals surface area contributed by atoms with Crippen molar-refractivity contribution in [2.24, 2.45) is 0 Å². The molecular formula is C13H18N2O2. The molecule has 0 radical (unpaired) electrons. The highest BCUT2D eigenvalue weighted by molar-refractivity contribution is 6.01. The molecule has 0 spiro atoms. The molecule has 1 aromatic carbocycles. The van der Waals surface area contributed by atoms with Gasteiger partial charge in [0.25, 0.3) is 0 Å². The van der Waals surface area contributed by atoms with Crippen LogP contribution in [0.15, 0.2) is 30.3 Å². The van der Waals surface area contributed by atoms with Crippen LogP contribution in [0.4, 0.5) is 0 Å². The third-order valence-corrected chi connectivity index (χ3v) is 3.65. The Hall–Kier alpha value is -1.39. The second-order valence-corrected chi connectivity index (χ2v) is 4.64. The van der Waals surface area contributed by atoms with E-state index >= 15 is 0 Å². The molecule has 2 rings (SSSR count). The van der Waals surface area contributed by atoms with Crippen molar-refractivity contribution in [2.75, 3.05) is 0 Å². The number of hydrogen-bond acceptors (Lipinski definition) is 3. The Kier molecular flexibility index (Phi) is 2.93. The number of hydrogen-bond donors (Lipinski definition) is 1. The van der Waals surface area contributed by atoms with E-state index < -0.39 is 5.66 Å². The lowest BCUT2D eigenvalue weighted by molar-refractivity contribution is -0.585. The number of rotatable bonds is 2. The van der Waals surface area contributed by atoms with Gasteiger partial charge in [0, 0.05) is 18.9 Å². The molecule has 0 aliphatic carbocycles. The van der Waals surface area contributed by atoms with Crippen LogP contribution in [0, 0.1) is 5.21 Å². The molecule has 1 aliphatic heterocycles. The minimum atomic E-state index is -0.870. The molecule has 0 amide bonds. The van der Waals surface area contributed by atoms with Gasteiger partial charge < -0.3 is 10.4 Å². The molecule has 1 aliphatic rings. The summed E-state index contributed by atoms with van der Waals surface area (Å²) < 4.78 is 0.938. The summed E-state index contributed by atoms with van der Waals surface area (Å²) in [6, 6.07) is 9.20. The average molecular weight is 234 g/mol. The van der Waals surface area contributed by atoms with E-state index in [-0.39, 0.29) is 6.04 Å². The van der Waals surface area contributed by atoms with Gasteiger partial charge in [0.1, 0.15) is 6.04 Å². The molecule has 1 N–H and O–H groups in total. The monoisotopic (exact) mass is 234 g/mol. The number of benzene rings is 1. The molecule has 0 bridgehead atoms. The lowest BCUT2D eigenvalue weighted by atomic mass is 10.1. The van der Waals surface area contributed by atoms with Crippen molar-refractivity contribution in [2.45, 2.75) is 38.9 Å². The van der Waals surface area contributed by atoms with E-state index in [4.69, 9.17) is 0 Å². The van der Waals surface area contributed by atoms with Crippen LogP contribution in [-0.4, -0.2) is 32.4 Å². The van der Waals surface area contributed by atoms with Crippen LogP contribution >= 0.6 is 0 Å². The van der Waals surface area contributed by atoms with Gasteiger partial charge in [-0.15, -0.1) is 5.06 Å². The maximum Gasteiger partial charge on any atom is 0.247 e. The quantitative estimate of drug-likeness (QED) is 0.630. The van der Waals surface area contributed by atoms with Crippen LogP contribution in [-0.2, 0) is 0 Å². The second-order valence-electron chi connectivity index (χ2n) is 4.64. The van der Waals surface area contributed by atoms with E-state index in [1.165, 1.54) is 0 Å². The first-order valence-electron chi connectivity index (χ1n) is 5.90. The smallest absolute Gasteiger partial charge is 0.247 e. The molecular weight excluding hydrogens is 216 g/mol. The van der Waals surface area contributed by atoms with Crippen molar-refractivity contribution >= 4 is 5.71 Å². The fourth-order valence-corrected chi connectivity index (χ4v) is 2.33.